The lowest BCUT2D eigenvalue weighted by molar-refractivity contribution is -0.143. The molecular weight excluding hydrogens is 296 g/mol. The number of anilines is 1. The van der Waals surface area contributed by atoms with Gasteiger partial charge in [-0.3, -0.25) is 9.59 Å². The molecule has 2 atom stereocenters. The zero-order valence-electron chi connectivity index (χ0n) is 13.3. The Morgan fingerprint density at radius 1 is 1.35 bits per heavy atom. The van der Waals surface area contributed by atoms with E-state index in [9.17, 15) is 14.4 Å². The zero-order valence-corrected chi connectivity index (χ0v) is 13.3. The number of nitrogens with one attached hydrogen (secondary N) is 2. The highest BCUT2D eigenvalue weighted by atomic mass is 16.4. The number of para-hydroxylation sites is 1. The summed E-state index contributed by atoms with van der Waals surface area (Å²) in [6.07, 6.45) is 1.13. The average Bonchev–Trinajstić information content (AvgIpc) is 2.49. The van der Waals surface area contributed by atoms with Gasteiger partial charge in [-0.25, -0.2) is 4.79 Å². The van der Waals surface area contributed by atoms with Crippen LogP contribution in [0.25, 0.3) is 0 Å². The Labute approximate surface area is 135 Å². The molecule has 3 N–H and O–H groups in total. The normalized spacial score (nSPS) is 18.0. The van der Waals surface area contributed by atoms with Gasteiger partial charge in [-0.1, -0.05) is 32.0 Å². The minimum Gasteiger partial charge on any atom is -0.480 e. The third-order valence-corrected chi connectivity index (χ3v) is 4.08. The number of amides is 2. The topological polar surface area (TPSA) is 95.5 Å². The first kappa shape index (κ1) is 17.0. The van der Waals surface area contributed by atoms with E-state index in [0.29, 0.717) is 12.8 Å². The number of carbonyl (C=O) groups excluding carboxylic acids is 2. The van der Waals surface area contributed by atoms with Crippen molar-refractivity contribution in [1.82, 2.24) is 5.32 Å². The SMILES string of the molecule is CC(C)[C@H](NC(=O)CCC1Cc2ccccc2NC1=O)C(=O)O. The van der Waals surface area contributed by atoms with Crippen molar-refractivity contribution in [1.29, 1.82) is 0 Å². The molecule has 6 heteroatoms. The molecule has 0 radical (unpaired) electrons. The summed E-state index contributed by atoms with van der Waals surface area (Å²) in [5.74, 6) is -1.93. The summed E-state index contributed by atoms with van der Waals surface area (Å²) in [6.45, 7) is 3.48. The predicted octanol–water partition coefficient (Wildman–Crippen LogP) is 1.80. The largest absolute Gasteiger partial charge is 0.480 e. The summed E-state index contributed by atoms with van der Waals surface area (Å²) >= 11 is 0. The zero-order chi connectivity index (χ0) is 17.0. The molecular formula is C17H22N2O4. The second kappa shape index (κ2) is 7.26. The summed E-state index contributed by atoms with van der Waals surface area (Å²) < 4.78 is 0. The predicted molar refractivity (Wildman–Crippen MR) is 85.9 cm³/mol. The number of hydrogen-bond donors (Lipinski definition) is 3. The van der Waals surface area contributed by atoms with Crippen LogP contribution in [0.4, 0.5) is 5.69 Å². The first-order valence-corrected chi connectivity index (χ1v) is 7.79. The second-order valence-electron chi connectivity index (χ2n) is 6.21. The van der Waals surface area contributed by atoms with Crippen molar-refractivity contribution in [3.8, 4) is 0 Å². The fraction of sp³-hybridized carbons (Fsp3) is 0.471. The van der Waals surface area contributed by atoms with Crippen LogP contribution in [-0.4, -0.2) is 28.9 Å². The van der Waals surface area contributed by atoms with Gasteiger partial charge in [0.25, 0.3) is 0 Å². The van der Waals surface area contributed by atoms with E-state index in [2.05, 4.69) is 10.6 Å². The van der Waals surface area contributed by atoms with E-state index in [1.165, 1.54) is 0 Å². The molecule has 1 aromatic rings. The van der Waals surface area contributed by atoms with Crippen molar-refractivity contribution in [2.45, 2.75) is 39.2 Å². The van der Waals surface area contributed by atoms with Gasteiger partial charge in [0, 0.05) is 18.0 Å². The number of carboxylic acids is 1. The van der Waals surface area contributed by atoms with Gasteiger partial charge in [0.2, 0.25) is 11.8 Å². The van der Waals surface area contributed by atoms with Crippen LogP contribution in [-0.2, 0) is 20.8 Å². The Balaban J connectivity index is 1.90. The van der Waals surface area contributed by atoms with E-state index >= 15 is 0 Å². The molecule has 1 heterocycles. The number of carboxylic acid groups (broad SMARTS) is 1. The number of fused-ring (bicyclic) bond motifs is 1. The van der Waals surface area contributed by atoms with Crippen molar-refractivity contribution >= 4 is 23.5 Å². The van der Waals surface area contributed by atoms with Crippen LogP contribution in [0.15, 0.2) is 24.3 Å². The van der Waals surface area contributed by atoms with Crippen LogP contribution in [0.1, 0.15) is 32.3 Å². The summed E-state index contributed by atoms with van der Waals surface area (Å²) in [4.78, 5) is 35.1. The average molecular weight is 318 g/mol. The molecule has 0 saturated carbocycles. The minimum absolute atomic E-state index is 0.0878. The van der Waals surface area contributed by atoms with Gasteiger partial charge in [0.05, 0.1) is 0 Å². The maximum atomic E-state index is 12.1. The third-order valence-electron chi connectivity index (χ3n) is 4.08. The minimum atomic E-state index is -1.04. The monoisotopic (exact) mass is 318 g/mol. The van der Waals surface area contributed by atoms with Gasteiger partial charge < -0.3 is 15.7 Å². The molecule has 1 aromatic carbocycles. The quantitative estimate of drug-likeness (QED) is 0.745. The smallest absolute Gasteiger partial charge is 0.326 e. The Morgan fingerprint density at radius 3 is 2.70 bits per heavy atom. The number of benzene rings is 1. The Kier molecular flexibility index (Phi) is 5.36. The molecule has 0 aromatic heterocycles. The van der Waals surface area contributed by atoms with Crippen LogP contribution in [0.3, 0.4) is 0 Å². The van der Waals surface area contributed by atoms with Crippen LogP contribution >= 0.6 is 0 Å². The number of aliphatic carboxylic acids is 1. The summed E-state index contributed by atoms with van der Waals surface area (Å²) in [5, 5.41) is 14.4. The van der Waals surface area contributed by atoms with Gasteiger partial charge >= 0.3 is 5.97 Å². The maximum Gasteiger partial charge on any atom is 0.326 e. The van der Waals surface area contributed by atoms with E-state index in [1.807, 2.05) is 24.3 Å². The highest BCUT2D eigenvalue weighted by Gasteiger charge is 2.28. The molecule has 1 aliphatic rings. The lowest BCUT2D eigenvalue weighted by atomic mass is 9.89. The van der Waals surface area contributed by atoms with Crippen LogP contribution in [0.5, 0.6) is 0 Å². The Bertz CT molecular complexity index is 612. The van der Waals surface area contributed by atoms with E-state index in [4.69, 9.17) is 5.11 Å². The number of hydrogen-bond acceptors (Lipinski definition) is 3. The molecule has 2 rings (SSSR count). The highest BCUT2D eigenvalue weighted by molar-refractivity contribution is 5.96. The number of carbonyl (C=O) groups is 3. The first-order valence-electron chi connectivity index (χ1n) is 7.79. The van der Waals surface area contributed by atoms with E-state index in [1.54, 1.807) is 13.8 Å². The van der Waals surface area contributed by atoms with Crippen LogP contribution < -0.4 is 10.6 Å². The highest BCUT2D eigenvalue weighted by Crippen LogP contribution is 2.27. The summed E-state index contributed by atoms with van der Waals surface area (Å²) in [5.41, 5.74) is 1.88. The van der Waals surface area contributed by atoms with Gasteiger partial charge in [-0.05, 0) is 30.4 Å². The van der Waals surface area contributed by atoms with Crippen LogP contribution in [0, 0.1) is 11.8 Å². The fourth-order valence-corrected chi connectivity index (χ4v) is 2.71. The first-order chi connectivity index (χ1) is 10.9. The Hall–Kier alpha value is -2.37. The van der Waals surface area contributed by atoms with Gasteiger partial charge in [-0.2, -0.15) is 0 Å². The van der Waals surface area contributed by atoms with Gasteiger partial charge in [-0.15, -0.1) is 0 Å². The number of rotatable bonds is 6. The Morgan fingerprint density at radius 2 is 2.04 bits per heavy atom. The van der Waals surface area contributed by atoms with E-state index in [0.717, 1.165) is 11.3 Å². The molecule has 6 nitrogen and oxygen atoms in total. The van der Waals surface area contributed by atoms with Gasteiger partial charge in [0.15, 0.2) is 0 Å². The molecule has 0 saturated heterocycles. The lowest BCUT2D eigenvalue weighted by Crippen LogP contribution is -2.44. The molecule has 0 fully saturated rings. The van der Waals surface area contributed by atoms with Gasteiger partial charge in [0.1, 0.15) is 6.04 Å². The molecule has 23 heavy (non-hydrogen) atoms. The van der Waals surface area contributed by atoms with Crippen molar-refractivity contribution in [3.63, 3.8) is 0 Å². The van der Waals surface area contributed by atoms with Crippen molar-refractivity contribution in [3.05, 3.63) is 29.8 Å². The van der Waals surface area contributed by atoms with E-state index in [-0.39, 0.29) is 30.1 Å². The van der Waals surface area contributed by atoms with Crippen LogP contribution in [0.2, 0.25) is 0 Å². The van der Waals surface area contributed by atoms with E-state index < -0.39 is 12.0 Å². The molecule has 2 amide bonds. The summed E-state index contributed by atoms with van der Waals surface area (Å²) in [6, 6.07) is 6.70. The lowest BCUT2D eigenvalue weighted by Gasteiger charge is -2.24. The molecule has 1 aliphatic heterocycles. The van der Waals surface area contributed by atoms with Crippen molar-refractivity contribution < 1.29 is 19.5 Å². The second-order valence-corrected chi connectivity index (χ2v) is 6.21. The molecule has 1 unspecified atom stereocenters. The maximum absolute atomic E-state index is 12.1. The van der Waals surface area contributed by atoms with Crippen molar-refractivity contribution in [2.24, 2.45) is 11.8 Å². The summed E-state index contributed by atoms with van der Waals surface area (Å²) in [7, 11) is 0. The molecule has 0 bridgehead atoms. The molecule has 0 aliphatic carbocycles. The third kappa shape index (κ3) is 4.31. The van der Waals surface area contributed by atoms with Crippen molar-refractivity contribution in [2.75, 3.05) is 5.32 Å². The standard InChI is InChI=1S/C17H22N2O4/c1-10(2)15(17(22)23)19-14(20)8-7-12-9-11-5-3-4-6-13(11)18-16(12)21/h3-6,10,12,15H,7-9H2,1-2H3,(H,18,21)(H,19,20)(H,22,23)/t12?,15-/m0/s1. The molecule has 124 valence electrons. The fourth-order valence-electron chi connectivity index (χ4n) is 2.71. The molecule has 0 spiro atoms.